The fourth-order valence-corrected chi connectivity index (χ4v) is 5.80. The summed E-state index contributed by atoms with van der Waals surface area (Å²) in [4.78, 5) is 40.1. The van der Waals surface area contributed by atoms with Crippen LogP contribution in [0.15, 0.2) is 24.3 Å². The van der Waals surface area contributed by atoms with Crippen LogP contribution in [0.2, 0.25) is 0 Å². The van der Waals surface area contributed by atoms with Crippen LogP contribution in [-0.2, 0) is 30.3 Å². The van der Waals surface area contributed by atoms with Gasteiger partial charge in [-0.25, -0.2) is 0 Å². The zero-order valence-electron chi connectivity index (χ0n) is 20.9. The van der Waals surface area contributed by atoms with Crippen LogP contribution >= 0.6 is 11.8 Å². The molecule has 2 aliphatic rings. The van der Waals surface area contributed by atoms with Crippen molar-refractivity contribution in [3.8, 4) is 0 Å². The van der Waals surface area contributed by atoms with E-state index < -0.39 is 18.1 Å². The lowest BCUT2D eigenvalue weighted by molar-refractivity contribution is -0.146. The maximum Gasteiger partial charge on any atom is 0.326 e. The summed E-state index contributed by atoms with van der Waals surface area (Å²) in [6.45, 7) is 6.07. The summed E-state index contributed by atoms with van der Waals surface area (Å²) in [5.41, 5.74) is 1.72. The van der Waals surface area contributed by atoms with Crippen LogP contribution in [-0.4, -0.2) is 74.3 Å². The zero-order chi connectivity index (χ0) is 25.0. The first-order valence-electron chi connectivity index (χ1n) is 12.8. The van der Waals surface area contributed by atoms with E-state index in [1.807, 2.05) is 24.3 Å². The van der Waals surface area contributed by atoms with E-state index in [0.717, 1.165) is 42.4 Å². The van der Waals surface area contributed by atoms with E-state index in [4.69, 9.17) is 9.47 Å². The molecular weight excluding hydrogens is 466 g/mol. The van der Waals surface area contributed by atoms with Crippen molar-refractivity contribution < 1.29 is 23.9 Å². The minimum absolute atomic E-state index is 0.156. The van der Waals surface area contributed by atoms with Crippen LogP contribution in [0.3, 0.4) is 0 Å². The van der Waals surface area contributed by atoms with Gasteiger partial charge in [-0.05, 0) is 82.3 Å². The molecule has 1 fully saturated rings. The van der Waals surface area contributed by atoms with Gasteiger partial charge in [0, 0.05) is 11.4 Å². The number of piperidine rings is 1. The summed E-state index contributed by atoms with van der Waals surface area (Å²) in [6.07, 6.45) is 4.73. The molecule has 1 aromatic carbocycles. The second-order valence-electron chi connectivity index (χ2n) is 8.98. The third-order valence-electron chi connectivity index (χ3n) is 6.53. The molecule has 0 radical (unpaired) electrons. The van der Waals surface area contributed by atoms with Gasteiger partial charge >= 0.3 is 11.9 Å². The Morgan fingerprint density at radius 1 is 1.14 bits per heavy atom. The van der Waals surface area contributed by atoms with Gasteiger partial charge in [0.2, 0.25) is 5.91 Å². The van der Waals surface area contributed by atoms with Crippen molar-refractivity contribution in [1.29, 1.82) is 0 Å². The highest BCUT2D eigenvalue weighted by molar-refractivity contribution is 7.99. The van der Waals surface area contributed by atoms with Crippen molar-refractivity contribution in [3.05, 3.63) is 29.8 Å². The molecule has 35 heavy (non-hydrogen) atoms. The van der Waals surface area contributed by atoms with E-state index >= 15 is 0 Å². The Morgan fingerprint density at radius 2 is 1.89 bits per heavy atom. The minimum atomic E-state index is -0.601. The van der Waals surface area contributed by atoms with Crippen molar-refractivity contribution in [2.24, 2.45) is 5.92 Å². The van der Waals surface area contributed by atoms with E-state index in [2.05, 4.69) is 10.6 Å². The number of thioether (sulfide) groups is 1. The van der Waals surface area contributed by atoms with Gasteiger partial charge in [0.1, 0.15) is 12.6 Å². The Balaban J connectivity index is 1.67. The van der Waals surface area contributed by atoms with Gasteiger partial charge in [0.15, 0.2) is 0 Å². The number of para-hydroxylation sites is 1. The predicted molar refractivity (Wildman–Crippen MR) is 139 cm³/mol. The first kappa shape index (κ1) is 27.5. The van der Waals surface area contributed by atoms with E-state index in [9.17, 15) is 14.4 Å². The molecule has 2 N–H and O–H groups in total. The monoisotopic (exact) mass is 505 g/mol. The summed E-state index contributed by atoms with van der Waals surface area (Å²) >= 11 is 1.73. The molecule has 0 spiro atoms. The van der Waals surface area contributed by atoms with Crippen molar-refractivity contribution in [2.45, 2.75) is 58.0 Å². The molecule has 0 aromatic heterocycles. The molecule has 1 amide bonds. The van der Waals surface area contributed by atoms with Crippen LogP contribution in [0.1, 0.15) is 45.1 Å². The highest BCUT2D eigenvalue weighted by Gasteiger charge is 2.34. The molecule has 8 nitrogen and oxygen atoms in total. The Kier molecular flexibility index (Phi) is 11.4. The number of nitrogens with zero attached hydrogens (tertiary/aromatic N) is 1. The molecule has 3 rings (SSSR count). The topological polar surface area (TPSA) is 97.0 Å². The molecule has 9 heteroatoms. The zero-order valence-corrected chi connectivity index (χ0v) is 21.7. The number of anilines is 1. The fraction of sp³-hybridized carbons (Fsp3) is 0.654. The Hall–Kier alpha value is -2.10. The lowest BCUT2D eigenvalue weighted by Crippen LogP contribution is -2.53. The van der Waals surface area contributed by atoms with Gasteiger partial charge in [-0.3, -0.25) is 24.6 Å². The van der Waals surface area contributed by atoms with E-state index in [0.29, 0.717) is 18.6 Å². The molecule has 0 bridgehead atoms. The van der Waals surface area contributed by atoms with Crippen LogP contribution in [0.5, 0.6) is 0 Å². The molecule has 0 aliphatic carbocycles. The molecule has 2 aliphatic heterocycles. The summed E-state index contributed by atoms with van der Waals surface area (Å²) in [5, 5.41) is 6.68. The summed E-state index contributed by atoms with van der Waals surface area (Å²) in [7, 11) is 0. The number of hydrogen-bond acceptors (Lipinski definition) is 8. The van der Waals surface area contributed by atoms with Gasteiger partial charge < -0.3 is 14.8 Å². The predicted octanol–water partition coefficient (Wildman–Crippen LogP) is 2.54. The van der Waals surface area contributed by atoms with Gasteiger partial charge in [0.25, 0.3) is 0 Å². The summed E-state index contributed by atoms with van der Waals surface area (Å²) in [6, 6.07) is 6.43. The second kappa shape index (κ2) is 14.5. The van der Waals surface area contributed by atoms with Crippen LogP contribution in [0.25, 0.3) is 0 Å². The second-order valence-corrected chi connectivity index (χ2v) is 10.1. The van der Waals surface area contributed by atoms with E-state index in [-0.39, 0.29) is 31.6 Å². The van der Waals surface area contributed by atoms with Crippen LogP contribution in [0, 0.1) is 5.92 Å². The molecule has 1 aromatic rings. The van der Waals surface area contributed by atoms with Crippen molar-refractivity contribution in [2.75, 3.05) is 49.3 Å². The molecule has 2 unspecified atom stereocenters. The number of carbonyl (C=O) groups excluding carboxylic acids is 3. The first-order chi connectivity index (χ1) is 17.0. The van der Waals surface area contributed by atoms with Crippen LogP contribution < -0.4 is 15.5 Å². The third kappa shape index (κ3) is 8.22. The van der Waals surface area contributed by atoms with Gasteiger partial charge in [-0.1, -0.05) is 18.2 Å². The van der Waals surface area contributed by atoms with Crippen molar-refractivity contribution in [3.63, 3.8) is 0 Å². The Bertz CT molecular complexity index is 846. The SMILES string of the molecule is CCOC(=O)CN1C(=O)C(NC(CSCCC2CCNCC2)C(=O)OCC)CCc2ccccc21. The number of rotatable bonds is 12. The quantitative estimate of drug-likeness (QED) is 0.331. The molecule has 2 atom stereocenters. The average molecular weight is 506 g/mol. The number of aryl methyl sites for hydroxylation is 1. The minimum Gasteiger partial charge on any atom is -0.465 e. The number of benzene rings is 1. The largest absolute Gasteiger partial charge is 0.465 e. The Morgan fingerprint density at radius 3 is 2.63 bits per heavy atom. The maximum absolute atomic E-state index is 13.6. The normalized spacial score (nSPS) is 19.5. The lowest BCUT2D eigenvalue weighted by atomic mass is 9.96. The number of esters is 2. The highest BCUT2D eigenvalue weighted by Crippen LogP contribution is 2.27. The number of nitrogens with one attached hydrogen (secondary N) is 2. The number of hydrogen-bond donors (Lipinski definition) is 2. The maximum atomic E-state index is 13.6. The van der Waals surface area contributed by atoms with Crippen molar-refractivity contribution in [1.82, 2.24) is 10.6 Å². The fourth-order valence-electron chi connectivity index (χ4n) is 4.66. The Labute approximate surface area is 212 Å². The molecule has 194 valence electrons. The van der Waals surface area contributed by atoms with E-state index in [1.165, 1.54) is 17.7 Å². The van der Waals surface area contributed by atoms with Gasteiger partial charge in [0.05, 0.1) is 19.3 Å². The molecule has 1 saturated heterocycles. The number of ether oxygens (including phenoxy) is 2. The molecular formula is C26H39N3O5S. The standard InChI is InChI=1S/C26H39N3O5S/c1-3-33-24(30)17-29-23-8-6-5-7-20(23)9-10-21(25(29)31)28-22(26(32)34-4-2)18-35-16-13-19-11-14-27-15-12-19/h5-8,19,21-22,27-28H,3-4,9-18H2,1-2H3. The highest BCUT2D eigenvalue weighted by atomic mass is 32.2. The molecule has 0 saturated carbocycles. The number of amides is 1. The molecule has 2 heterocycles. The smallest absolute Gasteiger partial charge is 0.326 e. The van der Waals surface area contributed by atoms with Gasteiger partial charge in [-0.15, -0.1) is 0 Å². The average Bonchev–Trinajstić information content (AvgIpc) is 2.99. The summed E-state index contributed by atoms with van der Waals surface area (Å²) < 4.78 is 10.4. The lowest BCUT2D eigenvalue weighted by Gasteiger charge is -2.28. The van der Waals surface area contributed by atoms with Gasteiger partial charge in [-0.2, -0.15) is 11.8 Å². The van der Waals surface area contributed by atoms with Crippen molar-refractivity contribution >= 4 is 35.3 Å². The first-order valence-corrected chi connectivity index (χ1v) is 13.9. The number of carbonyl (C=O) groups is 3. The third-order valence-corrected chi connectivity index (χ3v) is 7.62. The summed E-state index contributed by atoms with van der Waals surface area (Å²) in [5.74, 6) is 1.23. The number of fused-ring (bicyclic) bond motifs is 1. The van der Waals surface area contributed by atoms with E-state index in [1.54, 1.807) is 25.6 Å². The van der Waals surface area contributed by atoms with Crippen LogP contribution in [0.4, 0.5) is 5.69 Å².